The van der Waals surface area contributed by atoms with Gasteiger partial charge in [0.1, 0.15) is 0 Å². The zero-order valence-electron chi connectivity index (χ0n) is 6.27. The molecule has 1 aliphatic heterocycles. The number of sulfone groups is 1. The number of rotatable bonds is 0. The minimum atomic E-state index is -5.71. The fourth-order valence-corrected chi connectivity index (χ4v) is 2.55. The van der Waals surface area contributed by atoms with Gasteiger partial charge in [0.2, 0.25) is 11.7 Å². The molecule has 1 fully saturated rings. The minimum absolute atomic E-state index is 0.154. The molecule has 2 nitrogen and oxygen atoms in total. The van der Waals surface area contributed by atoms with Crippen LogP contribution in [0.3, 0.4) is 0 Å². The summed E-state index contributed by atoms with van der Waals surface area (Å²) in [5.74, 6) is 0. The van der Waals surface area contributed by atoms with Gasteiger partial charge in [-0.05, 0) is 6.92 Å². The quantitative estimate of drug-likeness (QED) is 0.582. The fraction of sp³-hybridized carbons (Fsp3) is 1.00. The Kier molecular flexibility index (Phi) is 1.92. The molecule has 0 amide bonds. The van der Waals surface area contributed by atoms with Crippen molar-refractivity contribution in [3.63, 3.8) is 0 Å². The monoisotopic (exact) mass is 224 g/mol. The SMILES string of the molecule is CC1(F)C(F)C(F)(F)S(=O)(=O)C1F. The molecule has 1 aliphatic rings. The van der Waals surface area contributed by atoms with Crippen molar-refractivity contribution in [2.24, 2.45) is 0 Å². The summed E-state index contributed by atoms with van der Waals surface area (Å²) in [6, 6.07) is 0. The second-order valence-electron chi connectivity index (χ2n) is 2.94. The van der Waals surface area contributed by atoms with Crippen LogP contribution in [0.15, 0.2) is 0 Å². The molecule has 0 saturated carbocycles. The van der Waals surface area contributed by atoms with Crippen molar-refractivity contribution in [3.8, 4) is 0 Å². The number of hydrogen-bond acceptors (Lipinski definition) is 2. The predicted molar refractivity (Wildman–Crippen MR) is 33.2 cm³/mol. The highest BCUT2D eigenvalue weighted by atomic mass is 32.2. The summed E-state index contributed by atoms with van der Waals surface area (Å²) in [4.78, 5) is 0. The number of halogens is 5. The zero-order valence-corrected chi connectivity index (χ0v) is 7.09. The standard InChI is InChI=1S/C5H5F5O2S/c1-4(8)2(6)5(9,10)13(11,12)3(4)7/h2-3H,1H3. The Bertz CT molecular complexity index is 322. The Morgan fingerprint density at radius 3 is 1.62 bits per heavy atom. The third-order valence-electron chi connectivity index (χ3n) is 1.89. The lowest BCUT2D eigenvalue weighted by Crippen LogP contribution is -2.39. The van der Waals surface area contributed by atoms with E-state index in [0.29, 0.717) is 0 Å². The van der Waals surface area contributed by atoms with Crippen LogP contribution >= 0.6 is 0 Å². The maximum Gasteiger partial charge on any atom is 0.382 e. The van der Waals surface area contributed by atoms with Crippen LogP contribution in [0, 0.1) is 0 Å². The Hall–Kier alpha value is -0.400. The molecule has 0 radical (unpaired) electrons. The molecule has 8 heteroatoms. The van der Waals surface area contributed by atoms with E-state index in [0.717, 1.165) is 0 Å². The largest absolute Gasteiger partial charge is 0.382 e. The lowest BCUT2D eigenvalue weighted by atomic mass is 10.1. The molecule has 0 aromatic heterocycles. The third-order valence-corrected chi connectivity index (χ3v) is 3.86. The van der Waals surface area contributed by atoms with E-state index in [1.165, 1.54) is 0 Å². The maximum absolute atomic E-state index is 12.8. The Morgan fingerprint density at radius 1 is 1.15 bits per heavy atom. The molecule has 1 saturated heterocycles. The third kappa shape index (κ3) is 1.01. The molecule has 3 unspecified atom stereocenters. The van der Waals surface area contributed by atoms with Crippen LogP contribution < -0.4 is 0 Å². The molecule has 13 heavy (non-hydrogen) atoms. The summed E-state index contributed by atoms with van der Waals surface area (Å²) in [7, 11) is -5.71. The lowest BCUT2D eigenvalue weighted by molar-refractivity contribution is -0.0596. The predicted octanol–water partition coefficient (Wildman–Crippen LogP) is 1.37. The average Bonchev–Trinajstić information content (AvgIpc) is 2.05. The second-order valence-corrected chi connectivity index (χ2v) is 4.98. The minimum Gasteiger partial charge on any atom is -0.236 e. The van der Waals surface area contributed by atoms with Crippen molar-refractivity contribution in [3.05, 3.63) is 0 Å². The molecule has 1 rings (SSSR count). The molecule has 0 spiro atoms. The van der Waals surface area contributed by atoms with E-state index >= 15 is 0 Å². The van der Waals surface area contributed by atoms with Gasteiger partial charge < -0.3 is 0 Å². The topological polar surface area (TPSA) is 34.1 Å². The van der Waals surface area contributed by atoms with Gasteiger partial charge in [0, 0.05) is 0 Å². The first-order valence-corrected chi connectivity index (χ1v) is 4.69. The van der Waals surface area contributed by atoms with Crippen molar-refractivity contribution < 1.29 is 30.4 Å². The van der Waals surface area contributed by atoms with E-state index < -0.39 is 32.4 Å². The average molecular weight is 224 g/mol. The van der Waals surface area contributed by atoms with Crippen molar-refractivity contribution in [1.82, 2.24) is 0 Å². The summed E-state index contributed by atoms with van der Waals surface area (Å²) >= 11 is 0. The molecule has 0 aliphatic carbocycles. The maximum atomic E-state index is 12.8. The molecule has 3 atom stereocenters. The molecule has 1 heterocycles. The summed E-state index contributed by atoms with van der Waals surface area (Å²) in [5.41, 5.74) is -7.22. The van der Waals surface area contributed by atoms with Gasteiger partial charge in [0.05, 0.1) is 0 Å². The van der Waals surface area contributed by atoms with E-state index in [9.17, 15) is 30.4 Å². The van der Waals surface area contributed by atoms with Crippen LogP contribution in [0.2, 0.25) is 0 Å². The summed E-state index contributed by atoms with van der Waals surface area (Å²) < 4.78 is 83.5. The van der Waals surface area contributed by atoms with Gasteiger partial charge >= 0.3 is 5.25 Å². The van der Waals surface area contributed by atoms with E-state index in [-0.39, 0.29) is 6.92 Å². The van der Waals surface area contributed by atoms with E-state index in [1.54, 1.807) is 0 Å². The van der Waals surface area contributed by atoms with Crippen molar-refractivity contribution in [2.75, 3.05) is 0 Å². The summed E-state index contributed by atoms with van der Waals surface area (Å²) in [6.45, 7) is 0.154. The Balaban J connectivity index is 3.38. The van der Waals surface area contributed by atoms with Crippen LogP contribution in [0.25, 0.3) is 0 Å². The molecule has 0 aromatic carbocycles. The van der Waals surface area contributed by atoms with E-state index in [2.05, 4.69) is 0 Å². The van der Waals surface area contributed by atoms with Gasteiger partial charge in [0.15, 0.2) is 5.67 Å². The van der Waals surface area contributed by atoms with Crippen molar-refractivity contribution in [1.29, 1.82) is 0 Å². The molecular formula is C5H5F5O2S. The highest BCUT2D eigenvalue weighted by Gasteiger charge is 2.76. The lowest BCUT2D eigenvalue weighted by Gasteiger charge is -2.16. The first kappa shape index (κ1) is 10.7. The van der Waals surface area contributed by atoms with Gasteiger partial charge in [-0.1, -0.05) is 0 Å². The highest BCUT2D eigenvalue weighted by Crippen LogP contribution is 2.50. The molecule has 0 bridgehead atoms. The molecule has 78 valence electrons. The second kappa shape index (κ2) is 2.34. The van der Waals surface area contributed by atoms with Gasteiger partial charge in [-0.3, -0.25) is 0 Å². The van der Waals surface area contributed by atoms with Crippen molar-refractivity contribution >= 4 is 9.84 Å². The fourth-order valence-electron chi connectivity index (χ4n) is 1.03. The molecular weight excluding hydrogens is 219 g/mol. The smallest absolute Gasteiger partial charge is 0.236 e. The van der Waals surface area contributed by atoms with Crippen LogP contribution in [0.5, 0.6) is 0 Å². The van der Waals surface area contributed by atoms with Crippen LogP contribution in [-0.4, -0.2) is 31.0 Å². The van der Waals surface area contributed by atoms with E-state index in [4.69, 9.17) is 0 Å². The van der Waals surface area contributed by atoms with E-state index in [1.807, 2.05) is 0 Å². The Morgan fingerprint density at radius 2 is 1.54 bits per heavy atom. The summed E-state index contributed by atoms with van der Waals surface area (Å²) in [6.07, 6.45) is -3.67. The zero-order chi connectivity index (χ0) is 10.7. The van der Waals surface area contributed by atoms with Crippen LogP contribution in [0.1, 0.15) is 6.92 Å². The summed E-state index contributed by atoms with van der Waals surface area (Å²) in [5, 5.41) is -4.99. The normalized spacial score (nSPS) is 47.8. The van der Waals surface area contributed by atoms with Gasteiger partial charge in [0.25, 0.3) is 9.84 Å². The molecule has 0 N–H and O–H groups in total. The molecule has 0 aromatic rings. The number of hydrogen-bond donors (Lipinski definition) is 0. The first-order valence-electron chi connectivity index (χ1n) is 3.14. The van der Waals surface area contributed by atoms with Crippen LogP contribution in [-0.2, 0) is 9.84 Å². The van der Waals surface area contributed by atoms with Gasteiger partial charge in [-0.2, -0.15) is 8.78 Å². The van der Waals surface area contributed by atoms with Crippen LogP contribution in [0.4, 0.5) is 22.0 Å². The number of alkyl halides is 5. The van der Waals surface area contributed by atoms with Gasteiger partial charge in [-0.25, -0.2) is 21.6 Å². The van der Waals surface area contributed by atoms with Crippen molar-refractivity contribution in [2.45, 2.75) is 29.5 Å². The first-order chi connectivity index (χ1) is 5.56. The highest BCUT2D eigenvalue weighted by molar-refractivity contribution is 7.93. The Labute approximate surface area is 70.6 Å². The van der Waals surface area contributed by atoms with Gasteiger partial charge in [-0.15, -0.1) is 0 Å².